The fraction of sp³-hybridized carbons (Fsp3) is 0.0455. The van der Waals surface area contributed by atoms with Gasteiger partial charge in [0.25, 0.3) is 0 Å². The SMILES string of the molecule is C/C(=N\c1cccc2ccccc12)N(O)c1cccc2ccccc12. The number of hydroxylamine groups is 1. The molecule has 122 valence electrons. The third kappa shape index (κ3) is 2.86. The van der Waals surface area contributed by atoms with Gasteiger partial charge in [0.1, 0.15) is 5.84 Å². The minimum absolute atomic E-state index is 0.521. The maximum atomic E-state index is 10.7. The lowest BCUT2D eigenvalue weighted by molar-refractivity contribution is 0.312. The Morgan fingerprint density at radius 2 is 1.28 bits per heavy atom. The summed E-state index contributed by atoms with van der Waals surface area (Å²) in [5, 5.41) is 16.1. The van der Waals surface area contributed by atoms with E-state index in [9.17, 15) is 5.21 Å². The molecule has 25 heavy (non-hydrogen) atoms. The third-order valence-corrected chi connectivity index (χ3v) is 4.35. The summed E-state index contributed by atoms with van der Waals surface area (Å²) in [6.45, 7) is 1.81. The van der Waals surface area contributed by atoms with E-state index in [0.29, 0.717) is 5.84 Å². The summed E-state index contributed by atoms with van der Waals surface area (Å²) in [5.74, 6) is 0.521. The fourth-order valence-electron chi connectivity index (χ4n) is 3.09. The smallest absolute Gasteiger partial charge is 0.132 e. The summed E-state index contributed by atoms with van der Waals surface area (Å²) in [4.78, 5) is 4.66. The molecule has 0 atom stereocenters. The van der Waals surface area contributed by atoms with Gasteiger partial charge in [-0.2, -0.15) is 0 Å². The molecular weight excluding hydrogens is 308 g/mol. The molecule has 0 amide bonds. The van der Waals surface area contributed by atoms with Gasteiger partial charge in [0.15, 0.2) is 0 Å². The number of benzene rings is 4. The Kier molecular flexibility index (Phi) is 3.92. The van der Waals surface area contributed by atoms with Crippen molar-refractivity contribution in [3.63, 3.8) is 0 Å². The van der Waals surface area contributed by atoms with Crippen molar-refractivity contribution in [3.8, 4) is 0 Å². The predicted octanol–water partition coefficient (Wildman–Crippen LogP) is 5.94. The molecule has 0 heterocycles. The summed E-state index contributed by atoms with van der Waals surface area (Å²) >= 11 is 0. The molecule has 3 nitrogen and oxygen atoms in total. The zero-order valence-electron chi connectivity index (χ0n) is 13.9. The fourth-order valence-corrected chi connectivity index (χ4v) is 3.09. The standard InChI is InChI=1S/C22H18N2O/c1-16(23-21-14-6-10-17-8-2-4-12-19(17)21)24(25)22-15-7-11-18-9-3-5-13-20(18)22/h2-15,25H,1H3/b23-16+. The highest BCUT2D eigenvalue weighted by molar-refractivity contribution is 6.05. The molecule has 0 radical (unpaired) electrons. The zero-order chi connectivity index (χ0) is 17.2. The number of amidine groups is 1. The van der Waals surface area contributed by atoms with E-state index >= 15 is 0 Å². The van der Waals surface area contributed by atoms with Crippen LogP contribution in [0.5, 0.6) is 0 Å². The maximum absolute atomic E-state index is 10.7. The summed E-state index contributed by atoms with van der Waals surface area (Å²) in [7, 11) is 0. The highest BCUT2D eigenvalue weighted by atomic mass is 16.5. The molecule has 0 aliphatic carbocycles. The van der Waals surface area contributed by atoms with Crippen LogP contribution in [0.1, 0.15) is 6.92 Å². The van der Waals surface area contributed by atoms with Gasteiger partial charge in [0.05, 0.1) is 11.4 Å². The predicted molar refractivity (Wildman–Crippen MR) is 105 cm³/mol. The van der Waals surface area contributed by atoms with E-state index in [0.717, 1.165) is 38.0 Å². The van der Waals surface area contributed by atoms with Crippen LogP contribution >= 0.6 is 0 Å². The summed E-state index contributed by atoms with van der Waals surface area (Å²) in [6.07, 6.45) is 0. The molecule has 0 aromatic heterocycles. The van der Waals surface area contributed by atoms with Crippen molar-refractivity contribution >= 4 is 38.8 Å². The van der Waals surface area contributed by atoms with Gasteiger partial charge in [-0.25, -0.2) is 10.1 Å². The molecule has 1 N–H and O–H groups in total. The van der Waals surface area contributed by atoms with E-state index in [-0.39, 0.29) is 0 Å². The summed E-state index contributed by atoms with van der Waals surface area (Å²) in [5.41, 5.74) is 1.56. The van der Waals surface area contributed by atoms with Crippen molar-refractivity contribution in [2.24, 2.45) is 4.99 Å². The number of aliphatic imine (C=N–C) groups is 1. The van der Waals surface area contributed by atoms with Gasteiger partial charge in [-0.15, -0.1) is 0 Å². The Labute approximate surface area is 146 Å². The first-order chi connectivity index (χ1) is 12.2. The van der Waals surface area contributed by atoms with Gasteiger partial charge < -0.3 is 0 Å². The van der Waals surface area contributed by atoms with Crippen LogP contribution < -0.4 is 5.06 Å². The van der Waals surface area contributed by atoms with Crippen LogP contribution in [0.2, 0.25) is 0 Å². The molecule has 0 saturated heterocycles. The maximum Gasteiger partial charge on any atom is 0.132 e. The molecule has 0 bridgehead atoms. The highest BCUT2D eigenvalue weighted by Crippen LogP contribution is 2.29. The Morgan fingerprint density at radius 3 is 2.04 bits per heavy atom. The van der Waals surface area contributed by atoms with E-state index in [1.165, 1.54) is 0 Å². The van der Waals surface area contributed by atoms with Gasteiger partial charge >= 0.3 is 0 Å². The Balaban J connectivity index is 1.79. The van der Waals surface area contributed by atoms with Gasteiger partial charge in [-0.1, -0.05) is 72.8 Å². The topological polar surface area (TPSA) is 35.8 Å². The number of rotatable bonds is 2. The van der Waals surface area contributed by atoms with Crippen molar-refractivity contribution in [2.75, 3.05) is 5.06 Å². The highest BCUT2D eigenvalue weighted by Gasteiger charge is 2.11. The molecule has 0 unspecified atom stereocenters. The van der Waals surface area contributed by atoms with E-state index in [1.54, 1.807) is 0 Å². The van der Waals surface area contributed by atoms with Crippen molar-refractivity contribution < 1.29 is 5.21 Å². The number of nitrogens with zero attached hydrogens (tertiary/aromatic N) is 2. The summed E-state index contributed by atoms with van der Waals surface area (Å²) < 4.78 is 0. The quantitative estimate of drug-likeness (QED) is 0.281. The average molecular weight is 326 g/mol. The number of anilines is 1. The molecule has 0 aliphatic heterocycles. The molecule has 3 heteroatoms. The molecule has 0 fully saturated rings. The van der Waals surface area contributed by atoms with Crippen LogP contribution in [0.15, 0.2) is 89.9 Å². The second kappa shape index (κ2) is 6.38. The second-order valence-electron chi connectivity index (χ2n) is 5.97. The largest absolute Gasteiger partial charge is 0.282 e. The normalized spacial score (nSPS) is 11.8. The first-order valence-electron chi connectivity index (χ1n) is 8.24. The van der Waals surface area contributed by atoms with E-state index in [1.807, 2.05) is 79.7 Å². The lowest BCUT2D eigenvalue weighted by atomic mass is 10.1. The minimum atomic E-state index is 0.521. The first kappa shape index (κ1) is 15.4. The van der Waals surface area contributed by atoms with Crippen molar-refractivity contribution in [3.05, 3.63) is 84.9 Å². The van der Waals surface area contributed by atoms with Gasteiger partial charge in [-0.3, -0.25) is 5.21 Å². The first-order valence-corrected chi connectivity index (χ1v) is 8.24. The third-order valence-electron chi connectivity index (χ3n) is 4.35. The summed E-state index contributed by atoms with van der Waals surface area (Å²) in [6, 6.07) is 28.0. The molecule has 4 aromatic carbocycles. The number of hydrogen-bond donors (Lipinski definition) is 1. The lowest BCUT2D eigenvalue weighted by Crippen LogP contribution is -2.24. The van der Waals surface area contributed by atoms with Crippen LogP contribution in [0.4, 0.5) is 11.4 Å². The van der Waals surface area contributed by atoms with E-state index in [2.05, 4.69) is 17.1 Å². The average Bonchev–Trinajstić information content (AvgIpc) is 2.67. The Hall–Kier alpha value is -3.17. The van der Waals surface area contributed by atoms with Gasteiger partial charge in [0, 0.05) is 10.8 Å². The van der Waals surface area contributed by atoms with Crippen molar-refractivity contribution in [2.45, 2.75) is 6.92 Å². The molecule has 0 saturated carbocycles. The second-order valence-corrected chi connectivity index (χ2v) is 5.97. The number of fused-ring (bicyclic) bond motifs is 2. The number of hydrogen-bond acceptors (Lipinski definition) is 2. The molecule has 0 spiro atoms. The Morgan fingerprint density at radius 1 is 0.720 bits per heavy atom. The minimum Gasteiger partial charge on any atom is -0.282 e. The van der Waals surface area contributed by atoms with E-state index < -0.39 is 0 Å². The van der Waals surface area contributed by atoms with Crippen LogP contribution in [-0.4, -0.2) is 11.0 Å². The molecule has 4 rings (SSSR count). The Bertz CT molecular complexity index is 1070. The van der Waals surface area contributed by atoms with E-state index in [4.69, 9.17) is 0 Å². The van der Waals surface area contributed by atoms with Crippen LogP contribution in [-0.2, 0) is 0 Å². The van der Waals surface area contributed by atoms with Crippen LogP contribution in [0.3, 0.4) is 0 Å². The van der Waals surface area contributed by atoms with Crippen LogP contribution in [0, 0.1) is 0 Å². The lowest BCUT2D eigenvalue weighted by Gasteiger charge is -2.18. The molecule has 4 aromatic rings. The zero-order valence-corrected chi connectivity index (χ0v) is 13.9. The monoisotopic (exact) mass is 326 g/mol. The van der Waals surface area contributed by atoms with Gasteiger partial charge in [0.2, 0.25) is 0 Å². The molecule has 0 aliphatic rings. The van der Waals surface area contributed by atoms with Gasteiger partial charge in [-0.05, 0) is 29.8 Å². The molecular formula is C22H18N2O. The van der Waals surface area contributed by atoms with Crippen molar-refractivity contribution in [1.29, 1.82) is 0 Å². The van der Waals surface area contributed by atoms with Crippen LogP contribution in [0.25, 0.3) is 21.5 Å². The van der Waals surface area contributed by atoms with Crippen molar-refractivity contribution in [1.82, 2.24) is 0 Å².